The molecule has 1 heterocycles. The second-order valence-electron chi connectivity index (χ2n) is 4.53. The van der Waals surface area contributed by atoms with Crippen molar-refractivity contribution in [1.29, 1.82) is 0 Å². The summed E-state index contributed by atoms with van der Waals surface area (Å²) in [7, 11) is 0. The largest absolute Gasteiger partial charge is 0.352 e. The average molecular weight is 182 g/mol. The Morgan fingerprint density at radius 1 is 1.38 bits per heavy atom. The van der Waals surface area contributed by atoms with Crippen molar-refractivity contribution in [2.24, 2.45) is 11.8 Å². The Labute approximate surface area is 79.3 Å². The molecule has 2 rings (SSSR count). The van der Waals surface area contributed by atoms with Crippen LogP contribution >= 0.6 is 0 Å². The predicted molar refractivity (Wildman–Crippen MR) is 51.3 cm³/mol. The number of hydrogen-bond acceptors (Lipinski definition) is 2. The Morgan fingerprint density at radius 3 is 2.54 bits per heavy atom. The van der Waals surface area contributed by atoms with E-state index in [4.69, 9.17) is 0 Å². The van der Waals surface area contributed by atoms with Gasteiger partial charge in [-0.1, -0.05) is 13.8 Å². The molecule has 4 unspecified atom stereocenters. The average Bonchev–Trinajstić information content (AvgIpc) is 2.62. The van der Waals surface area contributed by atoms with Gasteiger partial charge in [0.1, 0.15) is 0 Å². The Bertz CT molecular complexity index is 217. The van der Waals surface area contributed by atoms with E-state index in [2.05, 4.69) is 24.5 Å². The topological polar surface area (TPSA) is 41.1 Å². The Balaban J connectivity index is 1.82. The smallest absolute Gasteiger partial charge is 0.237 e. The van der Waals surface area contributed by atoms with Gasteiger partial charge in [0.05, 0.1) is 6.04 Å². The SMILES string of the molecule is CC1CC1NC(=O)C1NCCC1C. The highest BCUT2D eigenvalue weighted by atomic mass is 16.2. The van der Waals surface area contributed by atoms with Gasteiger partial charge in [-0.3, -0.25) is 4.79 Å². The summed E-state index contributed by atoms with van der Waals surface area (Å²) < 4.78 is 0. The summed E-state index contributed by atoms with van der Waals surface area (Å²) in [6, 6.07) is 0.523. The molecule has 2 aliphatic rings. The molecule has 3 heteroatoms. The fourth-order valence-corrected chi connectivity index (χ4v) is 1.98. The molecule has 0 radical (unpaired) electrons. The van der Waals surface area contributed by atoms with E-state index in [1.165, 1.54) is 0 Å². The summed E-state index contributed by atoms with van der Waals surface area (Å²) >= 11 is 0. The lowest BCUT2D eigenvalue weighted by molar-refractivity contribution is -0.123. The zero-order chi connectivity index (χ0) is 9.42. The van der Waals surface area contributed by atoms with Crippen LogP contribution in [0.25, 0.3) is 0 Å². The summed E-state index contributed by atoms with van der Waals surface area (Å²) in [5.41, 5.74) is 0. The maximum atomic E-state index is 11.7. The van der Waals surface area contributed by atoms with Gasteiger partial charge in [-0.15, -0.1) is 0 Å². The highest BCUT2D eigenvalue weighted by Crippen LogP contribution is 2.29. The fourth-order valence-electron chi connectivity index (χ4n) is 1.98. The molecule has 4 atom stereocenters. The molecule has 1 saturated carbocycles. The number of nitrogens with one attached hydrogen (secondary N) is 2. The van der Waals surface area contributed by atoms with Crippen molar-refractivity contribution in [3.8, 4) is 0 Å². The minimum atomic E-state index is 0.0628. The predicted octanol–water partition coefficient (Wildman–Crippen LogP) is 0.509. The van der Waals surface area contributed by atoms with Crippen molar-refractivity contribution in [2.75, 3.05) is 6.54 Å². The zero-order valence-electron chi connectivity index (χ0n) is 8.34. The van der Waals surface area contributed by atoms with Gasteiger partial charge in [0.15, 0.2) is 0 Å². The number of rotatable bonds is 2. The van der Waals surface area contributed by atoms with Gasteiger partial charge >= 0.3 is 0 Å². The second kappa shape index (κ2) is 3.29. The van der Waals surface area contributed by atoms with E-state index in [9.17, 15) is 4.79 Å². The number of carbonyl (C=O) groups is 1. The minimum absolute atomic E-state index is 0.0628. The first-order valence-electron chi connectivity index (χ1n) is 5.22. The van der Waals surface area contributed by atoms with Crippen LogP contribution in [0.3, 0.4) is 0 Å². The Morgan fingerprint density at radius 2 is 2.08 bits per heavy atom. The van der Waals surface area contributed by atoms with Gasteiger partial charge < -0.3 is 10.6 Å². The van der Waals surface area contributed by atoms with Crippen molar-refractivity contribution in [2.45, 2.75) is 38.8 Å². The van der Waals surface area contributed by atoms with Crippen molar-refractivity contribution in [3.05, 3.63) is 0 Å². The van der Waals surface area contributed by atoms with Crippen LogP contribution in [0.1, 0.15) is 26.7 Å². The highest BCUT2D eigenvalue weighted by Gasteiger charge is 2.37. The van der Waals surface area contributed by atoms with Gasteiger partial charge in [0, 0.05) is 6.04 Å². The van der Waals surface area contributed by atoms with Crippen molar-refractivity contribution in [3.63, 3.8) is 0 Å². The van der Waals surface area contributed by atoms with Crippen LogP contribution in [0.4, 0.5) is 0 Å². The van der Waals surface area contributed by atoms with Gasteiger partial charge in [0.25, 0.3) is 0 Å². The first kappa shape index (κ1) is 9.00. The van der Waals surface area contributed by atoms with Crippen LogP contribution in [0.5, 0.6) is 0 Å². The van der Waals surface area contributed by atoms with Crippen LogP contribution in [-0.2, 0) is 4.79 Å². The van der Waals surface area contributed by atoms with Gasteiger partial charge in [-0.25, -0.2) is 0 Å². The first-order chi connectivity index (χ1) is 6.18. The number of amides is 1. The normalized spacial score (nSPS) is 43.2. The molecule has 1 saturated heterocycles. The van der Waals surface area contributed by atoms with E-state index in [-0.39, 0.29) is 11.9 Å². The Hall–Kier alpha value is -0.570. The van der Waals surface area contributed by atoms with Gasteiger partial charge in [-0.05, 0) is 31.2 Å². The van der Waals surface area contributed by atoms with E-state index < -0.39 is 0 Å². The highest BCUT2D eigenvalue weighted by molar-refractivity contribution is 5.83. The molecule has 1 aliphatic carbocycles. The van der Waals surface area contributed by atoms with Crippen LogP contribution in [-0.4, -0.2) is 24.5 Å². The molecule has 0 aromatic heterocycles. The molecular weight excluding hydrogens is 164 g/mol. The van der Waals surface area contributed by atoms with Crippen LogP contribution in [0.15, 0.2) is 0 Å². The summed E-state index contributed by atoms with van der Waals surface area (Å²) in [6.45, 7) is 5.30. The van der Waals surface area contributed by atoms with E-state index in [1.54, 1.807) is 0 Å². The van der Waals surface area contributed by atoms with Crippen LogP contribution < -0.4 is 10.6 Å². The van der Waals surface area contributed by atoms with Crippen LogP contribution in [0.2, 0.25) is 0 Å². The maximum absolute atomic E-state index is 11.7. The molecule has 0 aromatic rings. The van der Waals surface area contributed by atoms with Crippen molar-refractivity contribution in [1.82, 2.24) is 10.6 Å². The molecule has 3 nitrogen and oxygen atoms in total. The van der Waals surface area contributed by atoms with Crippen molar-refractivity contribution >= 4 is 5.91 Å². The lowest BCUT2D eigenvalue weighted by Gasteiger charge is -2.15. The minimum Gasteiger partial charge on any atom is -0.352 e. The monoisotopic (exact) mass is 182 g/mol. The molecule has 74 valence electrons. The Kier molecular flexibility index (Phi) is 2.28. The maximum Gasteiger partial charge on any atom is 0.237 e. The van der Waals surface area contributed by atoms with Gasteiger partial charge in [0.2, 0.25) is 5.91 Å². The summed E-state index contributed by atoms with van der Waals surface area (Å²) in [5.74, 6) is 1.40. The standard InChI is InChI=1S/C10H18N2O/c1-6-3-4-11-9(6)10(13)12-8-5-7(8)2/h6-9,11H,3-5H2,1-2H3,(H,12,13). The lowest BCUT2D eigenvalue weighted by Crippen LogP contribution is -2.44. The van der Waals surface area contributed by atoms with E-state index in [0.29, 0.717) is 17.9 Å². The van der Waals surface area contributed by atoms with E-state index in [1.807, 2.05) is 0 Å². The third-order valence-electron chi connectivity index (χ3n) is 3.25. The quantitative estimate of drug-likeness (QED) is 0.653. The first-order valence-corrected chi connectivity index (χ1v) is 5.22. The number of hydrogen-bond donors (Lipinski definition) is 2. The molecule has 1 amide bonds. The molecule has 2 fully saturated rings. The molecule has 0 aromatic carbocycles. The van der Waals surface area contributed by atoms with Gasteiger partial charge in [-0.2, -0.15) is 0 Å². The summed E-state index contributed by atoms with van der Waals surface area (Å²) in [4.78, 5) is 11.7. The number of carbonyl (C=O) groups excluding carboxylic acids is 1. The summed E-state index contributed by atoms with van der Waals surface area (Å²) in [5, 5.41) is 6.32. The molecule has 0 spiro atoms. The van der Waals surface area contributed by atoms with Crippen molar-refractivity contribution < 1.29 is 4.79 Å². The molecule has 13 heavy (non-hydrogen) atoms. The van der Waals surface area contributed by atoms with E-state index >= 15 is 0 Å². The van der Waals surface area contributed by atoms with Crippen LogP contribution in [0, 0.1) is 11.8 Å². The molecule has 2 N–H and O–H groups in total. The third kappa shape index (κ3) is 1.85. The van der Waals surface area contributed by atoms with E-state index in [0.717, 1.165) is 19.4 Å². The third-order valence-corrected chi connectivity index (χ3v) is 3.25. The molecule has 1 aliphatic heterocycles. The zero-order valence-corrected chi connectivity index (χ0v) is 8.34. The lowest BCUT2D eigenvalue weighted by atomic mass is 10.0. The summed E-state index contributed by atoms with van der Waals surface area (Å²) in [6.07, 6.45) is 2.28. The molecular formula is C10H18N2O. The second-order valence-corrected chi connectivity index (χ2v) is 4.53. The fraction of sp³-hybridized carbons (Fsp3) is 0.900. The molecule has 0 bridgehead atoms.